The molecule has 114 valence electrons. The van der Waals surface area contributed by atoms with E-state index in [2.05, 4.69) is 18.3 Å². The quantitative estimate of drug-likeness (QED) is 0.876. The maximum Gasteiger partial charge on any atom is 0.165 e. The minimum atomic E-state index is -0.366. The van der Waals surface area contributed by atoms with Gasteiger partial charge in [0.15, 0.2) is 11.5 Å². The van der Waals surface area contributed by atoms with E-state index in [4.69, 9.17) is 9.47 Å². The highest BCUT2D eigenvalue weighted by molar-refractivity contribution is 5.59. The molecule has 4 nitrogen and oxygen atoms in total. The Hall–Kier alpha value is -1.26. The van der Waals surface area contributed by atoms with Gasteiger partial charge in [-0.25, -0.2) is 0 Å². The highest BCUT2D eigenvalue weighted by Crippen LogP contribution is 2.59. The van der Waals surface area contributed by atoms with Crippen LogP contribution in [0.3, 0.4) is 0 Å². The fourth-order valence-electron chi connectivity index (χ4n) is 4.70. The Morgan fingerprint density at radius 1 is 1.38 bits per heavy atom. The van der Waals surface area contributed by atoms with Gasteiger partial charge in [-0.1, -0.05) is 6.07 Å². The van der Waals surface area contributed by atoms with Crippen molar-refractivity contribution in [1.29, 1.82) is 0 Å². The van der Waals surface area contributed by atoms with Gasteiger partial charge in [-0.15, -0.1) is 0 Å². The third-order valence-corrected chi connectivity index (χ3v) is 5.86. The zero-order chi connectivity index (χ0) is 14.8. The van der Waals surface area contributed by atoms with Crippen molar-refractivity contribution in [2.45, 2.75) is 49.9 Å². The summed E-state index contributed by atoms with van der Waals surface area (Å²) in [5, 5.41) is 13.9. The minimum absolute atomic E-state index is 0.0297. The van der Waals surface area contributed by atoms with Gasteiger partial charge < -0.3 is 19.9 Å². The van der Waals surface area contributed by atoms with Crippen molar-refractivity contribution in [2.75, 3.05) is 14.2 Å². The van der Waals surface area contributed by atoms with Crippen LogP contribution in [0.15, 0.2) is 12.1 Å². The molecule has 1 saturated carbocycles. The lowest BCUT2D eigenvalue weighted by molar-refractivity contribution is -0.0191. The Morgan fingerprint density at radius 3 is 2.90 bits per heavy atom. The van der Waals surface area contributed by atoms with Crippen molar-refractivity contribution in [3.63, 3.8) is 0 Å². The van der Waals surface area contributed by atoms with Gasteiger partial charge in [-0.05, 0) is 50.8 Å². The molecule has 4 unspecified atom stereocenters. The van der Waals surface area contributed by atoms with Gasteiger partial charge >= 0.3 is 0 Å². The summed E-state index contributed by atoms with van der Waals surface area (Å²) in [6, 6.07) is 4.16. The van der Waals surface area contributed by atoms with Crippen molar-refractivity contribution >= 4 is 0 Å². The van der Waals surface area contributed by atoms with Crippen LogP contribution in [-0.2, 0) is 5.54 Å². The number of nitrogens with one attached hydrogen (secondary N) is 1. The second kappa shape index (κ2) is 4.37. The summed E-state index contributed by atoms with van der Waals surface area (Å²) in [5.41, 5.74) is 2.54. The summed E-state index contributed by atoms with van der Waals surface area (Å²) >= 11 is 0. The molecule has 0 spiro atoms. The first-order chi connectivity index (χ1) is 10.1. The van der Waals surface area contributed by atoms with Crippen LogP contribution in [0.25, 0.3) is 0 Å². The molecular formula is C17H23NO3. The molecular weight excluding hydrogens is 266 g/mol. The van der Waals surface area contributed by atoms with E-state index in [9.17, 15) is 5.11 Å². The molecule has 0 saturated heterocycles. The van der Waals surface area contributed by atoms with Gasteiger partial charge in [0, 0.05) is 17.0 Å². The highest BCUT2D eigenvalue weighted by atomic mass is 16.5. The summed E-state index contributed by atoms with van der Waals surface area (Å²) in [4.78, 5) is 0. The first-order valence-electron chi connectivity index (χ1n) is 7.84. The molecule has 0 aromatic heterocycles. The second-order valence-corrected chi connectivity index (χ2v) is 6.86. The van der Waals surface area contributed by atoms with E-state index in [-0.39, 0.29) is 17.7 Å². The lowest BCUT2D eigenvalue weighted by atomic mass is 9.61. The zero-order valence-electron chi connectivity index (χ0n) is 12.8. The first kappa shape index (κ1) is 13.4. The number of aliphatic hydroxyl groups excluding tert-OH is 1. The normalized spacial score (nSPS) is 39.6. The van der Waals surface area contributed by atoms with Gasteiger partial charge in [0.25, 0.3) is 0 Å². The Morgan fingerprint density at radius 2 is 2.19 bits per heavy atom. The average Bonchev–Trinajstić information content (AvgIpc) is 2.90. The first-order valence-corrected chi connectivity index (χ1v) is 7.84. The number of ether oxygens (including phenoxy) is 2. The zero-order valence-corrected chi connectivity index (χ0v) is 12.8. The topological polar surface area (TPSA) is 50.7 Å². The molecule has 1 heterocycles. The third-order valence-electron chi connectivity index (χ3n) is 5.86. The fourth-order valence-corrected chi connectivity index (χ4v) is 4.70. The Kier molecular flexibility index (Phi) is 2.79. The maximum absolute atomic E-state index is 10.4. The van der Waals surface area contributed by atoms with Crippen LogP contribution in [0.5, 0.6) is 11.5 Å². The van der Waals surface area contributed by atoms with Gasteiger partial charge in [-0.3, -0.25) is 0 Å². The van der Waals surface area contributed by atoms with E-state index in [0.717, 1.165) is 30.8 Å². The highest BCUT2D eigenvalue weighted by Gasteiger charge is 2.54. The monoisotopic (exact) mass is 289 g/mol. The number of rotatable bonds is 2. The van der Waals surface area contributed by atoms with Gasteiger partial charge in [-0.2, -0.15) is 0 Å². The molecule has 2 N–H and O–H groups in total. The van der Waals surface area contributed by atoms with Crippen LogP contribution >= 0.6 is 0 Å². The molecule has 3 aliphatic rings. The van der Waals surface area contributed by atoms with Crippen molar-refractivity contribution in [2.24, 2.45) is 5.92 Å². The van der Waals surface area contributed by atoms with Crippen LogP contribution in [0.2, 0.25) is 0 Å². The van der Waals surface area contributed by atoms with Gasteiger partial charge in [0.2, 0.25) is 0 Å². The predicted molar refractivity (Wildman–Crippen MR) is 79.9 cm³/mol. The van der Waals surface area contributed by atoms with Gasteiger partial charge in [0.05, 0.1) is 13.2 Å². The standard InChI is InChI=1S/C17H23NO3/c1-17(18-2)8-9-4-6-11(19)15-13(9)14-10(17)5-7-12(20-3)16(14)21-15/h5,7,9,11,13,15,18-19H,4,6,8H2,1-3H3/t9?,11?,13?,15-,17?/m1/s1. The fraction of sp³-hybridized carbons (Fsp3) is 0.647. The van der Waals surface area contributed by atoms with E-state index >= 15 is 0 Å². The molecule has 4 rings (SSSR count). The second-order valence-electron chi connectivity index (χ2n) is 6.86. The largest absolute Gasteiger partial charge is 0.493 e. The number of benzene rings is 1. The van der Waals surface area contributed by atoms with Gasteiger partial charge in [0.1, 0.15) is 6.10 Å². The smallest absolute Gasteiger partial charge is 0.165 e. The van der Waals surface area contributed by atoms with E-state index in [1.807, 2.05) is 13.1 Å². The molecule has 5 atom stereocenters. The Balaban J connectivity index is 1.95. The molecule has 0 amide bonds. The summed E-state index contributed by atoms with van der Waals surface area (Å²) < 4.78 is 11.7. The maximum atomic E-state index is 10.4. The molecule has 0 bridgehead atoms. The van der Waals surface area contributed by atoms with Crippen LogP contribution in [0.1, 0.15) is 43.2 Å². The summed E-state index contributed by atoms with van der Waals surface area (Å²) in [7, 11) is 3.71. The van der Waals surface area contributed by atoms with Crippen molar-refractivity contribution in [3.8, 4) is 11.5 Å². The molecule has 2 aliphatic carbocycles. The van der Waals surface area contributed by atoms with Crippen LogP contribution in [0.4, 0.5) is 0 Å². The summed E-state index contributed by atoms with van der Waals surface area (Å²) in [6.07, 6.45) is 2.53. The molecule has 0 radical (unpaired) electrons. The van der Waals surface area contributed by atoms with Crippen molar-refractivity contribution in [3.05, 3.63) is 23.3 Å². The summed E-state index contributed by atoms with van der Waals surface area (Å²) in [6.45, 7) is 2.27. The van der Waals surface area contributed by atoms with Crippen LogP contribution in [0, 0.1) is 5.92 Å². The number of aliphatic hydroxyl groups is 1. The SMILES string of the molecule is CNC1(C)CC2CCC(O)[C@H]3Oc4c(OC)ccc1c4C23. The Labute approximate surface area is 125 Å². The van der Waals surface area contributed by atoms with Crippen LogP contribution < -0.4 is 14.8 Å². The van der Waals surface area contributed by atoms with E-state index in [1.54, 1.807) is 7.11 Å². The minimum Gasteiger partial charge on any atom is -0.493 e. The average molecular weight is 289 g/mol. The molecule has 1 fully saturated rings. The molecule has 4 heteroatoms. The molecule has 1 aromatic rings. The van der Waals surface area contributed by atoms with E-state index in [0.29, 0.717) is 11.8 Å². The van der Waals surface area contributed by atoms with Crippen molar-refractivity contribution < 1.29 is 14.6 Å². The third kappa shape index (κ3) is 1.63. The molecule has 1 aromatic carbocycles. The predicted octanol–water partition coefficient (Wildman–Crippen LogP) is 2.15. The molecule has 21 heavy (non-hydrogen) atoms. The van der Waals surface area contributed by atoms with Crippen molar-refractivity contribution in [1.82, 2.24) is 5.32 Å². The number of hydrogen-bond donors (Lipinski definition) is 2. The van der Waals surface area contributed by atoms with Crippen LogP contribution in [-0.4, -0.2) is 31.5 Å². The van der Waals surface area contributed by atoms with E-state index in [1.165, 1.54) is 11.1 Å². The van der Waals surface area contributed by atoms with E-state index < -0.39 is 0 Å². The number of methoxy groups -OCH3 is 1. The number of hydrogen-bond acceptors (Lipinski definition) is 4. The summed E-state index contributed by atoms with van der Waals surface area (Å²) in [5.74, 6) is 2.53. The molecule has 1 aliphatic heterocycles. The Bertz CT molecular complexity index is 588. The lowest BCUT2D eigenvalue weighted by Gasteiger charge is -2.46. The lowest BCUT2D eigenvalue weighted by Crippen LogP contribution is -2.49.